The second-order valence-electron chi connectivity index (χ2n) is 10.5. The quantitative estimate of drug-likeness (QED) is 0.202. The second-order valence-corrected chi connectivity index (χ2v) is 10.5. The fraction of sp³-hybridized carbons (Fsp3) is 0.387. The largest absolute Gasteiger partial charge is 0.492 e. The van der Waals surface area contributed by atoms with Crippen LogP contribution >= 0.6 is 0 Å². The molecule has 1 aromatic heterocycles. The van der Waals surface area contributed by atoms with Gasteiger partial charge in [0.25, 0.3) is 5.91 Å². The van der Waals surface area contributed by atoms with Crippen LogP contribution in [0.25, 0.3) is 0 Å². The Kier molecular flexibility index (Phi) is 8.22. The first kappa shape index (κ1) is 25.8. The van der Waals surface area contributed by atoms with Crippen LogP contribution in [0.15, 0.2) is 71.9 Å². The summed E-state index contributed by atoms with van der Waals surface area (Å²) in [5.41, 5.74) is 3.79. The Bertz CT molecular complexity index is 1250. The fourth-order valence-corrected chi connectivity index (χ4v) is 5.49. The lowest BCUT2D eigenvalue weighted by molar-refractivity contribution is 0.0923. The van der Waals surface area contributed by atoms with Crippen LogP contribution in [-0.4, -0.2) is 41.0 Å². The number of nitrogens with zero attached hydrogens (tertiary/aromatic N) is 2. The fourth-order valence-electron chi connectivity index (χ4n) is 5.49. The summed E-state index contributed by atoms with van der Waals surface area (Å²) < 4.78 is 5.84. The van der Waals surface area contributed by atoms with E-state index < -0.39 is 0 Å². The van der Waals surface area contributed by atoms with Gasteiger partial charge in [0.2, 0.25) is 0 Å². The van der Waals surface area contributed by atoms with Gasteiger partial charge in [-0.25, -0.2) is 4.98 Å². The predicted octanol–water partition coefficient (Wildman–Crippen LogP) is 5.79. The molecule has 1 fully saturated rings. The highest BCUT2D eigenvalue weighted by molar-refractivity contribution is 6.06. The topological polar surface area (TPSA) is 95.8 Å². The van der Waals surface area contributed by atoms with Gasteiger partial charge in [0, 0.05) is 18.0 Å². The Morgan fingerprint density at radius 3 is 2.45 bits per heavy atom. The molecule has 0 saturated heterocycles. The number of fused-ring (bicyclic) bond motifs is 1. The van der Waals surface area contributed by atoms with Gasteiger partial charge >= 0.3 is 0 Å². The zero-order valence-electron chi connectivity index (χ0n) is 21.9. The first-order valence-electron chi connectivity index (χ1n) is 13.6. The summed E-state index contributed by atoms with van der Waals surface area (Å²) >= 11 is 0. The van der Waals surface area contributed by atoms with E-state index in [1.54, 1.807) is 0 Å². The average Bonchev–Trinajstić information content (AvgIpc) is 2.96. The molecular weight excluding hydrogens is 476 g/mol. The Morgan fingerprint density at radius 1 is 1.03 bits per heavy atom. The van der Waals surface area contributed by atoms with Gasteiger partial charge in [-0.2, -0.15) is 0 Å². The van der Waals surface area contributed by atoms with E-state index in [9.17, 15) is 10.0 Å². The van der Waals surface area contributed by atoms with Crippen molar-refractivity contribution in [2.75, 3.05) is 18.5 Å². The van der Waals surface area contributed by atoms with Crippen molar-refractivity contribution in [3.8, 4) is 5.75 Å². The average molecular weight is 513 g/mol. The number of benzene rings is 2. The van der Waals surface area contributed by atoms with Crippen LogP contribution in [0.1, 0.15) is 72.1 Å². The zero-order valence-corrected chi connectivity index (χ0v) is 21.9. The summed E-state index contributed by atoms with van der Waals surface area (Å²) in [6.45, 7) is 3.19. The molecule has 2 aromatic carbocycles. The number of carbonyl (C=O) groups is 1. The zero-order chi connectivity index (χ0) is 26.3. The standard InChI is InChI=1S/C31H36N4O3/c1-21-12-14-24(15-13-21)33-31(36)27-20-26-28(18-23(19-29(26)35-37)22-8-4-2-5-9-22)34-30(27)32-16-17-38-25-10-6-3-7-11-25/h2-11,20-21,23-24,37H,12-19H2,1H3,(H,32,34)(H,33,36)/b35-29+. The highest BCUT2D eigenvalue weighted by Gasteiger charge is 2.30. The van der Waals surface area contributed by atoms with Crippen LogP contribution in [-0.2, 0) is 6.42 Å². The molecule has 0 aliphatic heterocycles. The molecule has 198 valence electrons. The molecule has 3 N–H and O–H groups in total. The summed E-state index contributed by atoms with van der Waals surface area (Å²) in [6.07, 6.45) is 5.52. The lowest BCUT2D eigenvalue weighted by Gasteiger charge is -2.28. The van der Waals surface area contributed by atoms with Crippen molar-refractivity contribution in [1.29, 1.82) is 0 Å². The molecule has 1 saturated carbocycles. The number of oxime groups is 1. The molecule has 7 heteroatoms. The van der Waals surface area contributed by atoms with Gasteiger partial charge in [0.15, 0.2) is 0 Å². The normalized spacial score (nSPS) is 21.9. The molecule has 1 heterocycles. The predicted molar refractivity (Wildman–Crippen MR) is 149 cm³/mol. The maximum atomic E-state index is 13.5. The lowest BCUT2D eigenvalue weighted by atomic mass is 9.81. The third kappa shape index (κ3) is 6.15. The minimum absolute atomic E-state index is 0.145. The first-order chi connectivity index (χ1) is 18.6. The van der Waals surface area contributed by atoms with E-state index in [-0.39, 0.29) is 17.9 Å². The molecule has 7 nitrogen and oxygen atoms in total. The number of rotatable bonds is 8. The molecule has 38 heavy (non-hydrogen) atoms. The molecule has 0 bridgehead atoms. The molecule has 0 spiro atoms. The Labute approximate surface area is 224 Å². The molecule has 1 amide bonds. The highest BCUT2D eigenvalue weighted by Crippen LogP contribution is 2.34. The van der Waals surface area contributed by atoms with Crippen LogP contribution in [0, 0.1) is 5.92 Å². The monoisotopic (exact) mass is 512 g/mol. The van der Waals surface area contributed by atoms with Crippen LogP contribution in [0.5, 0.6) is 5.75 Å². The van der Waals surface area contributed by atoms with Crippen molar-refractivity contribution in [1.82, 2.24) is 10.3 Å². The van der Waals surface area contributed by atoms with E-state index in [2.05, 4.69) is 34.8 Å². The van der Waals surface area contributed by atoms with Crippen molar-refractivity contribution >= 4 is 17.4 Å². The van der Waals surface area contributed by atoms with Gasteiger partial charge in [-0.05, 0) is 67.7 Å². The maximum Gasteiger partial charge on any atom is 0.255 e. The number of nitrogens with one attached hydrogen (secondary N) is 2. The third-order valence-electron chi connectivity index (χ3n) is 7.69. The number of aromatic nitrogens is 1. The Balaban J connectivity index is 1.39. The van der Waals surface area contributed by atoms with Crippen molar-refractivity contribution in [3.63, 3.8) is 0 Å². The minimum atomic E-state index is -0.145. The molecule has 0 radical (unpaired) electrons. The maximum absolute atomic E-state index is 13.5. The SMILES string of the molecule is CC1CCC(NC(=O)c2cc3c(nc2NCCOc2ccccc2)CC(c2ccccc2)C/C3=N\O)CC1. The number of para-hydroxylation sites is 1. The molecule has 1 unspecified atom stereocenters. The second kappa shape index (κ2) is 12.1. The number of pyridine rings is 1. The number of carbonyl (C=O) groups excluding carboxylic acids is 1. The van der Waals surface area contributed by atoms with Crippen LogP contribution in [0.4, 0.5) is 5.82 Å². The number of anilines is 1. The molecule has 3 aromatic rings. The number of ether oxygens (including phenoxy) is 1. The van der Waals surface area contributed by atoms with Crippen molar-refractivity contribution in [2.24, 2.45) is 11.1 Å². The molecule has 1 atom stereocenters. The van der Waals surface area contributed by atoms with Gasteiger partial charge in [-0.1, -0.05) is 60.6 Å². The van der Waals surface area contributed by atoms with E-state index in [1.807, 2.05) is 54.6 Å². The van der Waals surface area contributed by atoms with E-state index in [1.165, 1.54) is 5.56 Å². The van der Waals surface area contributed by atoms with Crippen molar-refractivity contribution in [2.45, 2.75) is 57.4 Å². The van der Waals surface area contributed by atoms with E-state index in [0.717, 1.165) is 42.7 Å². The lowest BCUT2D eigenvalue weighted by Crippen LogP contribution is -2.38. The van der Waals surface area contributed by atoms with Crippen LogP contribution in [0.3, 0.4) is 0 Å². The van der Waals surface area contributed by atoms with E-state index >= 15 is 0 Å². The highest BCUT2D eigenvalue weighted by atomic mass is 16.5. The number of amides is 1. The minimum Gasteiger partial charge on any atom is -0.492 e. The van der Waals surface area contributed by atoms with Gasteiger partial charge < -0.3 is 20.6 Å². The summed E-state index contributed by atoms with van der Waals surface area (Å²) in [4.78, 5) is 18.4. The van der Waals surface area contributed by atoms with E-state index in [0.29, 0.717) is 49.0 Å². The number of hydrogen-bond acceptors (Lipinski definition) is 6. The van der Waals surface area contributed by atoms with Gasteiger partial charge in [0.05, 0.1) is 23.5 Å². The summed E-state index contributed by atoms with van der Waals surface area (Å²) in [6, 6.07) is 21.9. The van der Waals surface area contributed by atoms with Crippen LogP contribution < -0.4 is 15.4 Å². The molecule has 2 aliphatic carbocycles. The summed E-state index contributed by atoms with van der Waals surface area (Å²) in [5.74, 6) is 2.05. The smallest absolute Gasteiger partial charge is 0.255 e. The number of hydrogen-bond donors (Lipinski definition) is 3. The summed E-state index contributed by atoms with van der Waals surface area (Å²) in [7, 11) is 0. The summed E-state index contributed by atoms with van der Waals surface area (Å²) in [5, 5.41) is 20.1. The van der Waals surface area contributed by atoms with Gasteiger partial charge in [-0.3, -0.25) is 4.79 Å². The Hall–Kier alpha value is -3.87. The third-order valence-corrected chi connectivity index (χ3v) is 7.69. The van der Waals surface area contributed by atoms with Gasteiger partial charge in [-0.15, -0.1) is 0 Å². The first-order valence-corrected chi connectivity index (χ1v) is 13.6. The molecular formula is C31H36N4O3. The van der Waals surface area contributed by atoms with Gasteiger partial charge in [0.1, 0.15) is 18.2 Å². The van der Waals surface area contributed by atoms with Crippen LogP contribution in [0.2, 0.25) is 0 Å². The molecule has 5 rings (SSSR count). The van der Waals surface area contributed by atoms with Crippen molar-refractivity contribution < 1.29 is 14.7 Å². The Morgan fingerprint density at radius 2 is 1.74 bits per heavy atom. The molecule has 2 aliphatic rings. The van der Waals surface area contributed by atoms with E-state index in [4.69, 9.17) is 9.72 Å². The van der Waals surface area contributed by atoms with Crippen molar-refractivity contribution in [3.05, 3.63) is 89.1 Å².